The van der Waals surface area contributed by atoms with Gasteiger partial charge < -0.3 is 0 Å². The van der Waals surface area contributed by atoms with Crippen molar-refractivity contribution in [2.45, 2.75) is 6.54 Å². The van der Waals surface area contributed by atoms with Crippen molar-refractivity contribution in [2.24, 2.45) is 0 Å². The number of halogens is 2. The molecule has 0 saturated carbocycles. The highest BCUT2D eigenvalue weighted by atomic mass is 79.9. The number of hydrogen-bond donors (Lipinski definition) is 0. The SMILES string of the molecule is O=c1c2ccccc2nnn1Cc1ccc(F)c(Br)c1. The summed E-state index contributed by atoms with van der Waals surface area (Å²) in [6.45, 7) is 0.246. The molecule has 0 amide bonds. The minimum Gasteiger partial charge on any atom is -0.267 e. The first kappa shape index (κ1) is 12.9. The van der Waals surface area contributed by atoms with Crippen LogP contribution < -0.4 is 5.56 Å². The summed E-state index contributed by atoms with van der Waals surface area (Å²) in [5, 5.41) is 8.42. The first-order valence-electron chi connectivity index (χ1n) is 5.91. The summed E-state index contributed by atoms with van der Waals surface area (Å²) in [6, 6.07) is 11.6. The molecule has 0 saturated heterocycles. The highest BCUT2D eigenvalue weighted by Gasteiger charge is 2.07. The van der Waals surface area contributed by atoms with Gasteiger partial charge in [0, 0.05) is 0 Å². The molecule has 0 aliphatic carbocycles. The lowest BCUT2D eigenvalue weighted by Crippen LogP contribution is -2.24. The molecule has 0 unspecified atom stereocenters. The smallest absolute Gasteiger partial charge is 0.267 e. The van der Waals surface area contributed by atoms with E-state index in [4.69, 9.17) is 0 Å². The largest absolute Gasteiger partial charge is 0.277 e. The van der Waals surface area contributed by atoms with E-state index >= 15 is 0 Å². The second-order valence-corrected chi connectivity index (χ2v) is 5.17. The van der Waals surface area contributed by atoms with Crippen molar-refractivity contribution < 1.29 is 4.39 Å². The predicted octanol–water partition coefficient (Wildman–Crippen LogP) is 2.74. The standard InChI is InChI=1S/C14H9BrFN3O/c15-11-7-9(5-6-12(11)16)8-19-14(20)10-3-1-2-4-13(10)17-18-19/h1-7H,8H2. The van der Waals surface area contributed by atoms with Gasteiger partial charge in [-0.15, -0.1) is 5.10 Å². The Labute approximate surface area is 122 Å². The fourth-order valence-corrected chi connectivity index (χ4v) is 2.36. The quantitative estimate of drug-likeness (QED) is 0.724. The summed E-state index contributed by atoms with van der Waals surface area (Å²) < 4.78 is 14.8. The zero-order chi connectivity index (χ0) is 14.1. The van der Waals surface area contributed by atoms with Crippen LogP contribution in [0.2, 0.25) is 0 Å². The van der Waals surface area contributed by atoms with Crippen molar-refractivity contribution in [2.75, 3.05) is 0 Å². The van der Waals surface area contributed by atoms with Crippen LogP contribution in [0.1, 0.15) is 5.56 Å². The van der Waals surface area contributed by atoms with Gasteiger partial charge in [-0.2, -0.15) is 0 Å². The lowest BCUT2D eigenvalue weighted by Gasteiger charge is -2.05. The van der Waals surface area contributed by atoms with Gasteiger partial charge in [-0.25, -0.2) is 9.07 Å². The molecule has 0 spiro atoms. The van der Waals surface area contributed by atoms with E-state index in [1.54, 1.807) is 36.4 Å². The highest BCUT2D eigenvalue weighted by Crippen LogP contribution is 2.17. The van der Waals surface area contributed by atoms with E-state index in [0.29, 0.717) is 15.4 Å². The van der Waals surface area contributed by atoms with Crippen molar-refractivity contribution in [3.8, 4) is 0 Å². The Kier molecular flexibility index (Phi) is 3.31. The van der Waals surface area contributed by atoms with E-state index < -0.39 is 0 Å². The minimum atomic E-state index is -0.342. The molecule has 0 bridgehead atoms. The van der Waals surface area contributed by atoms with Gasteiger partial charge in [0.25, 0.3) is 5.56 Å². The molecule has 0 N–H and O–H groups in total. The van der Waals surface area contributed by atoms with Gasteiger partial charge in [0.1, 0.15) is 11.3 Å². The van der Waals surface area contributed by atoms with Gasteiger partial charge in [0.15, 0.2) is 0 Å². The molecule has 0 fully saturated rings. The first-order valence-corrected chi connectivity index (χ1v) is 6.71. The number of fused-ring (bicyclic) bond motifs is 1. The van der Waals surface area contributed by atoms with Crippen molar-refractivity contribution in [1.29, 1.82) is 0 Å². The average Bonchev–Trinajstić information content (AvgIpc) is 2.46. The normalized spacial score (nSPS) is 10.9. The van der Waals surface area contributed by atoms with Gasteiger partial charge in [0.2, 0.25) is 0 Å². The van der Waals surface area contributed by atoms with Gasteiger partial charge in [0.05, 0.1) is 16.4 Å². The molecular formula is C14H9BrFN3O. The summed E-state index contributed by atoms with van der Waals surface area (Å²) >= 11 is 3.12. The van der Waals surface area contributed by atoms with Gasteiger partial charge in [-0.05, 0) is 45.8 Å². The van der Waals surface area contributed by atoms with E-state index in [1.807, 2.05) is 0 Å². The maximum Gasteiger partial charge on any atom is 0.277 e. The Morgan fingerprint density at radius 2 is 2.00 bits per heavy atom. The number of aromatic nitrogens is 3. The number of nitrogens with zero attached hydrogens (tertiary/aromatic N) is 3. The second-order valence-electron chi connectivity index (χ2n) is 4.32. The Balaban J connectivity index is 2.04. The number of rotatable bonds is 2. The van der Waals surface area contributed by atoms with Crippen LogP contribution >= 0.6 is 15.9 Å². The first-order chi connectivity index (χ1) is 9.65. The molecule has 2 aromatic carbocycles. The van der Waals surface area contributed by atoms with Gasteiger partial charge in [-0.1, -0.05) is 23.4 Å². The van der Waals surface area contributed by atoms with Crippen LogP contribution in [0.15, 0.2) is 51.7 Å². The molecule has 6 heteroatoms. The molecule has 0 atom stereocenters. The fraction of sp³-hybridized carbons (Fsp3) is 0.0714. The van der Waals surface area contributed by atoms with Crippen LogP contribution in [0.3, 0.4) is 0 Å². The molecule has 0 radical (unpaired) electrons. The van der Waals surface area contributed by atoms with Crippen LogP contribution in [0.5, 0.6) is 0 Å². The van der Waals surface area contributed by atoms with E-state index in [9.17, 15) is 9.18 Å². The molecular weight excluding hydrogens is 325 g/mol. The van der Waals surface area contributed by atoms with Crippen molar-refractivity contribution >= 4 is 26.8 Å². The maximum absolute atomic E-state index is 13.2. The lowest BCUT2D eigenvalue weighted by molar-refractivity contribution is 0.594. The number of hydrogen-bond acceptors (Lipinski definition) is 3. The van der Waals surface area contributed by atoms with E-state index in [0.717, 1.165) is 5.56 Å². The van der Waals surface area contributed by atoms with Crippen molar-refractivity contribution in [3.05, 3.63) is 68.7 Å². The molecule has 4 nitrogen and oxygen atoms in total. The Bertz CT molecular complexity index is 847. The van der Waals surface area contributed by atoms with Crippen LogP contribution in [-0.4, -0.2) is 15.0 Å². The molecule has 1 aromatic heterocycles. The Hall–Kier alpha value is -2.08. The summed E-state index contributed by atoms with van der Waals surface area (Å²) in [4.78, 5) is 12.3. The van der Waals surface area contributed by atoms with Crippen LogP contribution in [-0.2, 0) is 6.54 Å². The fourth-order valence-electron chi connectivity index (χ4n) is 1.94. The molecule has 0 aliphatic rings. The molecule has 20 heavy (non-hydrogen) atoms. The molecule has 0 aliphatic heterocycles. The summed E-state index contributed by atoms with van der Waals surface area (Å²) in [5.74, 6) is -0.342. The topological polar surface area (TPSA) is 47.8 Å². The zero-order valence-corrected chi connectivity index (χ0v) is 11.8. The molecule has 100 valence electrons. The molecule has 3 rings (SSSR count). The minimum absolute atomic E-state index is 0.212. The maximum atomic E-state index is 13.2. The average molecular weight is 334 g/mol. The second kappa shape index (κ2) is 5.13. The summed E-state index contributed by atoms with van der Waals surface area (Å²) in [7, 11) is 0. The van der Waals surface area contributed by atoms with Crippen molar-refractivity contribution in [1.82, 2.24) is 15.0 Å². The summed E-state index contributed by atoms with van der Waals surface area (Å²) in [6.07, 6.45) is 0. The molecule has 3 aromatic rings. The van der Waals surface area contributed by atoms with Crippen LogP contribution in [0.25, 0.3) is 10.9 Å². The van der Waals surface area contributed by atoms with Crippen LogP contribution in [0, 0.1) is 5.82 Å². The Morgan fingerprint density at radius 1 is 1.20 bits per heavy atom. The predicted molar refractivity (Wildman–Crippen MR) is 77.0 cm³/mol. The van der Waals surface area contributed by atoms with Crippen LogP contribution in [0.4, 0.5) is 4.39 Å². The monoisotopic (exact) mass is 333 g/mol. The third-order valence-electron chi connectivity index (χ3n) is 2.95. The molecule has 1 heterocycles. The van der Waals surface area contributed by atoms with Gasteiger partial charge >= 0.3 is 0 Å². The van der Waals surface area contributed by atoms with Crippen molar-refractivity contribution in [3.63, 3.8) is 0 Å². The van der Waals surface area contributed by atoms with E-state index in [2.05, 4.69) is 26.2 Å². The van der Waals surface area contributed by atoms with E-state index in [1.165, 1.54) is 10.7 Å². The third-order valence-corrected chi connectivity index (χ3v) is 3.55. The van der Waals surface area contributed by atoms with Gasteiger partial charge in [-0.3, -0.25) is 4.79 Å². The third kappa shape index (κ3) is 2.34. The lowest BCUT2D eigenvalue weighted by atomic mass is 10.2. The Morgan fingerprint density at radius 3 is 2.80 bits per heavy atom. The highest BCUT2D eigenvalue weighted by molar-refractivity contribution is 9.10. The van der Waals surface area contributed by atoms with E-state index in [-0.39, 0.29) is 17.9 Å². The zero-order valence-electron chi connectivity index (χ0n) is 10.3. The number of benzene rings is 2. The summed E-state index contributed by atoms with van der Waals surface area (Å²) in [5.41, 5.74) is 1.12.